The zero-order chi connectivity index (χ0) is 40.2. The lowest BCUT2D eigenvalue weighted by atomic mass is 9.87. The fourth-order valence-electron chi connectivity index (χ4n) is 8.28. The standard InChI is InChI=1S/C44H49F2N8O4/c1-3-42(32(2)55)54-43(56)53(31-48-54)38-12-10-36(11-13-38)49-19-21-50(22-20-49)37-14-16-39(17-15-37)57-26-34-24-44(58-27-34,40-18-9-35(45)23-41(40)46)28-52-30-47-29-51(52)25-33-7-5-4-6-8-33/h4-18,23,29-32,34,42,55H,3,19-22,24-28H2,1-2H3/q+1/t32-,34-,42-,44-/m0/s1. The van der Waals surface area contributed by atoms with Crippen LogP contribution in [0.4, 0.5) is 20.2 Å². The highest BCUT2D eigenvalue weighted by atomic mass is 19.1. The number of aliphatic hydroxyl groups excluding tert-OH is 1. The fourth-order valence-corrected chi connectivity index (χ4v) is 8.28. The van der Waals surface area contributed by atoms with Crippen molar-refractivity contribution >= 4 is 11.4 Å². The summed E-state index contributed by atoms with van der Waals surface area (Å²) >= 11 is 0. The molecule has 2 aliphatic heterocycles. The first-order valence-electron chi connectivity index (χ1n) is 19.9. The number of halogens is 2. The van der Waals surface area contributed by atoms with Gasteiger partial charge in [-0.2, -0.15) is 14.5 Å². The summed E-state index contributed by atoms with van der Waals surface area (Å²) in [6.45, 7) is 8.59. The van der Waals surface area contributed by atoms with Crippen LogP contribution in [0.5, 0.6) is 5.75 Å². The van der Waals surface area contributed by atoms with E-state index in [4.69, 9.17) is 9.47 Å². The summed E-state index contributed by atoms with van der Waals surface area (Å²) in [7, 11) is 0. The number of rotatable bonds is 14. The predicted octanol–water partition coefficient (Wildman–Crippen LogP) is 5.51. The third kappa shape index (κ3) is 8.25. The van der Waals surface area contributed by atoms with Crippen molar-refractivity contribution in [2.24, 2.45) is 5.92 Å². The lowest BCUT2D eigenvalue weighted by Gasteiger charge is -2.37. The molecule has 4 aromatic carbocycles. The topological polar surface area (TPSA) is 107 Å². The summed E-state index contributed by atoms with van der Waals surface area (Å²) < 4.78 is 49.0. The molecule has 58 heavy (non-hydrogen) atoms. The maximum atomic E-state index is 15.4. The van der Waals surface area contributed by atoms with Crippen LogP contribution >= 0.6 is 0 Å². The molecule has 2 aliphatic rings. The minimum atomic E-state index is -1.04. The molecule has 4 atom stereocenters. The minimum Gasteiger partial charge on any atom is -0.493 e. The number of nitrogens with zero attached hydrogens (tertiary/aromatic N) is 8. The van der Waals surface area contributed by atoms with Gasteiger partial charge in [-0.25, -0.2) is 22.8 Å². The van der Waals surface area contributed by atoms with Gasteiger partial charge >= 0.3 is 12.0 Å². The molecular formula is C44H49F2N8O4+. The van der Waals surface area contributed by atoms with E-state index >= 15 is 4.39 Å². The molecular weight excluding hydrogens is 743 g/mol. The molecule has 14 heteroatoms. The Labute approximate surface area is 336 Å². The Hall–Kier alpha value is -5.86. The Morgan fingerprint density at radius 2 is 1.59 bits per heavy atom. The van der Waals surface area contributed by atoms with Crippen molar-refractivity contribution in [2.45, 2.75) is 57.5 Å². The first kappa shape index (κ1) is 39.0. The second-order valence-electron chi connectivity index (χ2n) is 15.3. The molecule has 2 fully saturated rings. The van der Waals surface area contributed by atoms with Crippen LogP contribution in [0.2, 0.25) is 0 Å². The number of benzene rings is 4. The van der Waals surface area contributed by atoms with Crippen molar-refractivity contribution < 1.29 is 28.0 Å². The van der Waals surface area contributed by atoms with Crippen molar-refractivity contribution in [3.05, 3.63) is 149 Å². The molecule has 2 saturated heterocycles. The number of piperazine rings is 1. The van der Waals surface area contributed by atoms with Crippen LogP contribution in [0.25, 0.3) is 5.69 Å². The molecule has 6 aromatic rings. The fraction of sp³-hybridized carbons (Fsp3) is 0.364. The Morgan fingerprint density at radius 1 is 0.914 bits per heavy atom. The SMILES string of the molecule is CC[C@@H]([C@H](C)O)n1ncn(-c2ccc(N3CCN(c4ccc(OC[C@H]5CO[C@@](Cn6cnc[n+]6Cc6ccccc6)(c6ccc(F)cc6F)C5)cc4)CC3)cc2)c1=O. The predicted molar refractivity (Wildman–Crippen MR) is 215 cm³/mol. The van der Waals surface area contributed by atoms with Gasteiger partial charge in [0.25, 0.3) is 0 Å². The summed E-state index contributed by atoms with van der Waals surface area (Å²) in [6.07, 6.45) is 5.37. The molecule has 302 valence electrons. The van der Waals surface area contributed by atoms with Gasteiger partial charge in [0, 0.05) is 55.1 Å². The van der Waals surface area contributed by atoms with Gasteiger partial charge in [0.05, 0.1) is 37.6 Å². The number of aliphatic hydroxyl groups is 1. The van der Waals surface area contributed by atoms with Crippen LogP contribution in [0.15, 0.2) is 121 Å². The van der Waals surface area contributed by atoms with E-state index in [0.717, 1.165) is 60.6 Å². The van der Waals surface area contributed by atoms with Gasteiger partial charge in [-0.15, -0.1) is 0 Å². The van der Waals surface area contributed by atoms with Crippen LogP contribution in [-0.4, -0.2) is 74.6 Å². The Kier molecular flexibility index (Phi) is 11.4. The van der Waals surface area contributed by atoms with Gasteiger partial charge in [0.1, 0.15) is 35.9 Å². The lowest BCUT2D eigenvalue weighted by Crippen LogP contribution is -2.47. The highest BCUT2D eigenvalue weighted by Crippen LogP contribution is 2.42. The number of hydrogen-bond acceptors (Lipinski definition) is 8. The number of aromatic nitrogens is 6. The molecule has 8 rings (SSSR count). The normalized spacial score (nSPS) is 19.4. The zero-order valence-corrected chi connectivity index (χ0v) is 32.8. The highest BCUT2D eigenvalue weighted by Gasteiger charge is 2.45. The number of anilines is 2. The minimum absolute atomic E-state index is 0.0282. The van der Waals surface area contributed by atoms with E-state index in [0.29, 0.717) is 44.7 Å². The van der Waals surface area contributed by atoms with Crippen LogP contribution in [-0.2, 0) is 23.4 Å². The molecule has 0 aliphatic carbocycles. The summed E-state index contributed by atoms with van der Waals surface area (Å²) in [5.74, 6) is -0.556. The Morgan fingerprint density at radius 3 is 2.24 bits per heavy atom. The average molecular weight is 792 g/mol. The average Bonchev–Trinajstić information content (AvgIpc) is 3.97. The molecule has 2 aromatic heterocycles. The van der Waals surface area contributed by atoms with Crippen molar-refractivity contribution in [2.75, 3.05) is 49.2 Å². The smallest absolute Gasteiger partial charge is 0.350 e. The van der Waals surface area contributed by atoms with Gasteiger partial charge in [-0.1, -0.05) is 43.3 Å². The van der Waals surface area contributed by atoms with Gasteiger partial charge in [-0.3, -0.25) is 0 Å². The second kappa shape index (κ2) is 16.9. The largest absolute Gasteiger partial charge is 0.493 e. The van der Waals surface area contributed by atoms with Crippen molar-refractivity contribution in [3.63, 3.8) is 0 Å². The van der Waals surface area contributed by atoms with Gasteiger partial charge in [0.15, 0.2) is 0 Å². The van der Waals surface area contributed by atoms with Gasteiger partial charge in [0.2, 0.25) is 6.33 Å². The third-order valence-electron chi connectivity index (χ3n) is 11.4. The van der Waals surface area contributed by atoms with Crippen molar-refractivity contribution in [1.29, 1.82) is 0 Å². The molecule has 4 heterocycles. The number of hydrogen-bond donors (Lipinski definition) is 1. The second-order valence-corrected chi connectivity index (χ2v) is 15.3. The first-order chi connectivity index (χ1) is 28.2. The molecule has 1 N–H and O–H groups in total. The maximum Gasteiger partial charge on any atom is 0.350 e. The van der Waals surface area contributed by atoms with Gasteiger partial charge < -0.3 is 24.4 Å². The quantitative estimate of drug-likeness (QED) is 0.144. The van der Waals surface area contributed by atoms with Gasteiger partial charge in [-0.05, 0) is 84.9 Å². The Bertz CT molecular complexity index is 2340. The summed E-state index contributed by atoms with van der Waals surface area (Å²) in [4.78, 5) is 22.1. The van der Waals surface area contributed by atoms with E-state index in [1.807, 2.05) is 83.0 Å². The molecule has 0 radical (unpaired) electrons. The van der Waals surface area contributed by atoms with Crippen molar-refractivity contribution in [3.8, 4) is 11.4 Å². The van der Waals surface area contributed by atoms with E-state index in [1.165, 1.54) is 27.7 Å². The molecule has 0 spiro atoms. The van der Waals surface area contributed by atoms with E-state index in [9.17, 15) is 14.3 Å². The molecule has 0 unspecified atom stereocenters. The molecule has 0 saturated carbocycles. The maximum absolute atomic E-state index is 15.4. The first-order valence-corrected chi connectivity index (χ1v) is 19.9. The van der Waals surface area contributed by atoms with E-state index < -0.39 is 23.3 Å². The van der Waals surface area contributed by atoms with Crippen LogP contribution in [0.3, 0.4) is 0 Å². The highest BCUT2D eigenvalue weighted by molar-refractivity contribution is 5.54. The van der Waals surface area contributed by atoms with Crippen LogP contribution in [0.1, 0.15) is 43.9 Å². The Balaban J connectivity index is 0.866. The third-order valence-corrected chi connectivity index (χ3v) is 11.4. The number of ether oxygens (including phenoxy) is 2. The zero-order valence-electron chi connectivity index (χ0n) is 32.8. The van der Waals surface area contributed by atoms with Crippen molar-refractivity contribution in [1.82, 2.24) is 24.0 Å². The molecule has 0 bridgehead atoms. The molecule has 12 nitrogen and oxygen atoms in total. The monoisotopic (exact) mass is 791 g/mol. The van der Waals surface area contributed by atoms with Crippen LogP contribution in [0, 0.1) is 17.6 Å². The summed E-state index contributed by atoms with van der Waals surface area (Å²) in [6, 6.07) is 29.4. The summed E-state index contributed by atoms with van der Waals surface area (Å²) in [5, 5.41) is 14.4. The van der Waals surface area contributed by atoms with E-state index in [-0.39, 0.29) is 17.6 Å². The van der Waals surface area contributed by atoms with E-state index in [2.05, 4.69) is 32.0 Å². The molecule has 0 amide bonds. The lowest BCUT2D eigenvalue weighted by molar-refractivity contribution is -0.770. The van der Waals surface area contributed by atoms with Crippen LogP contribution < -0.4 is 24.9 Å². The summed E-state index contributed by atoms with van der Waals surface area (Å²) in [5.41, 5.74) is 3.03. The van der Waals surface area contributed by atoms with E-state index in [1.54, 1.807) is 19.6 Å².